The highest BCUT2D eigenvalue weighted by Crippen LogP contribution is 2.28. The quantitative estimate of drug-likeness (QED) is 0.885. The van der Waals surface area contributed by atoms with Gasteiger partial charge in [0, 0.05) is 30.9 Å². The molecule has 17 heavy (non-hydrogen) atoms. The predicted octanol–water partition coefficient (Wildman–Crippen LogP) is 1.33. The van der Waals surface area contributed by atoms with Gasteiger partial charge in [0.1, 0.15) is 0 Å². The fourth-order valence-corrected chi connectivity index (χ4v) is 3.85. The predicted molar refractivity (Wildman–Crippen MR) is 66.2 cm³/mol. The molecule has 0 spiro atoms. The molecule has 0 amide bonds. The minimum atomic E-state index is -3.11. The molecule has 2 atom stereocenters. The monoisotopic (exact) mass is 257 g/mol. The summed E-state index contributed by atoms with van der Waals surface area (Å²) in [6.45, 7) is 4.88. The Morgan fingerprint density at radius 1 is 1.65 bits per heavy atom. The topological polar surface area (TPSA) is 66.1 Å². The summed E-state index contributed by atoms with van der Waals surface area (Å²) in [4.78, 5) is 0. The van der Waals surface area contributed by atoms with Crippen LogP contribution in [0.25, 0.3) is 0 Å². The zero-order valence-electron chi connectivity index (χ0n) is 10.3. The number of aromatic amines is 1. The molecule has 0 radical (unpaired) electrons. The first kappa shape index (κ1) is 12.6. The van der Waals surface area contributed by atoms with Crippen molar-refractivity contribution < 1.29 is 8.42 Å². The van der Waals surface area contributed by atoms with Gasteiger partial charge in [-0.25, -0.2) is 12.7 Å². The lowest BCUT2D eigenvalue weighted by atomic mass is 10.1. The highest BCUT2D eigenvalue weighted by Gasteiger charge is 2.35. The van der Waals surface area contributed by atoms with Gasteiger partial charge in [0.2, 0.25) is 10.0 Å². The van der Waals surface area contributed by atoms with Crippen LogP contribution >= 0.6 is 0 Å². The largest absolute Gasteiger partial charge is 0.282 e. The number of nitrogens with zero attached hydrogens (tertiary/aromatic N) is 2. The summed E-state index contributed by atoms with van der Waals surface area (Å²) < 4.78 is 26.0. The van der Waals surface area contributed by atoms with E-state index in [-0.39, 0.29) is 11.2 Å². The molecule has 1 saturated heterocycles. The smallest absolute Gasteiger partial charge is 0.216 e. The lowest BCUT2D eigenvalue weighted by Gasteiger charge is -2.20. The average molecular weight is 257 g/mol. The number of sulfonamides is 1. The SMILES string of the molecule is CC[C@H](C)S(=O)(=O)N1CC[C@H](c2ccn[nH]2)C1. The molecule has 0 aromatic carbocycles. The van der Waals surface area contributed by atoms with Crippen LogP contribution in [-0.2, 0) is 10.0 Å². The zero-order valence-corrected chi connectivity index (χ0v) is 11.1. The van der Waals surface area contributed by atoms with Gasteiger partial charge in [-0.3, -0.25) is 5.10 Å². The van der Waals surface area contributed by atoms with E-state index in [1.807, 2.05) is 13.0 Å². The van der Waals surface area contributed by atoms with E-state index in [0.717, 1.165) is 12.1 Å². The molecule has 2 rings (SSSR count). The Bertz CT molecular complexity index is 455. The van der Waals surface area contributed by atoms with Gasteiger partial charge in [0.05, 0.1) is 5.25 Å². The molecule has 1 aliphatic rings. The summed E-state index contributed by atoms with van der Waals surface area (Å²) in [5, 5.41) is 6.55. The van der Waals surface area contributed by atoms with Crippen LogP contribution in [0.4, 0.5) is 0 Å². The fraction of sp³-hybridized carbons (Fsp3) is 0.727. The molecular weight excluding hydrogens is 238 g/mol. The van der Waals surface area contributed by atoms with Crippen molar-refractivity contribution in [3.63, 3.8) is 0 Å². The summed E-state index contributed by atoms with van der Waals surface area (Å²) in [6.07, 6.45) is 3.24. The maximum atomic E-state index is 12.2. The van der Waals surface area contributed by atoms with Crippen molar-refractivity contribution in [1.29, 1.82) is 0 Å². The molecule has 96 valence electrons. The molecule has 6 heteroatoms. The Kier molecular flexibility index (Phi) is 3.53. The molecule has 5 nitrogen and oxygen atoms in total. The highest BCUT2D eigenvalue weighted by atomic mass is 32.2. The average Bonchev–Trinajstić information content (AvgIpc) is 2.97. The Hall–Kier alpha value is -0.880. The number of H-pyrrole nitrogens is 1. The summed E-state index contributed by atoms with van der Waals surface area (Å²) >= 11 is 0. The molecular formula is C11H19N3O2S. The molecule has 1 aromatic rings. The van der Waals surface area contributed by atoms with E-state index < -0.39 is 10.0 Å². The van der Waals surface area contributed by atoms with Crippen LogP contribution < -0.4 is 0 Å². The molecule has 0 bridgehead atoms. The summed E-state index contributed by atoms with van der Waals surface area (Å²) in [7, 11) is -3.11. The number of aromatic nitrogens is 2. The minimum absolute atomic E-state index is 0.260. The van der Waals surface area contributed by atoms with Crippen molar-refractivity contribution in [3.8, 4) is 0 Å². The maximum absolute atomic E-state index is 12.2. The summed E-state index contributed by atoms with van der Waals surface area (Å²) in [5.74, 6) is 0.260. The molecule has 1 fully saturated rings. The molecule has 1 N–H and O–H groups in total. The third kappa shape index (κ3) is 2.37. The third-order valence-corrected chi connectivity index (χ3v) is 5.96. The van der Waals surface area contributed by atoms with E-state index in [2.05, 4.69) is 10.2 Å². The first-order chi connectivity index (χ1) is 8.05. The second-order valence-corrected chi connectivity index (χ2v) is 6.97. The molecule has 0 saturated carbocycles. The summed E-state index contributed by atoms with van der Waals surface area (Å²) in [6, 6.07) is 1.92. The molecule has 2 heterocycles. The molecule has 1 aliphatic heterocycles. The van der Waals surface area contributed by atoms with Crippen molar-refractivity contribution in [2.75, 3.05) is 13.1 Å². The number of hydrogen-bond donors (Lipinski definition) is 1. The van der Waals surface area contributed by atoms with Gasteiger partial charge in [-0.2, -0.15) is 5.10 Å². The van der Waals surface area contributed by atoms with Crippen molar-refractivity contribution >= 4 is 10.0 Å². The highest BCUT2D eigenvalue weighted by molar-refractivity contribution is 7.89. The van der Waals surface area contributed by atoms with Crippen LogP contribution in [0.3, 0.4) is 0 Å². The van der Waals surface area contributed by atoms with Crippen LogP contribution in [-0.4, -0.2) is 41.3 Å². The van der Waals surface area contributed by atoms with Gasteiger partial charge in [-0.1, -0.05) is 6.92 Å². The van der Waals surface area contributed by atoms with E-state index in [9.17, 15) is 8.42 Å². The fourth-order valence-electron chi connectivity index (χ4n) is 2.17. The lowest BCUT2D eigenvalue weighted by Crippen LogP contribution is -2.35. The van der Waals surface area contributed by atoms with Crippen LogP contribution in [0.2, 0.25) is 0 Å². The second kappa shape index (κ2) is 4.78. The van der Waals surface area contributed by atoms with Gasteiger partial charge < -0.3 is 0 Å². The van der Waals surface area contributed by atoms with Crippen LogP contribution in [0, 0.1) is 0 Å². The van der Waals surface area contributed by atoms with Gasteiger partial charge in [-0.15, -0.1) is 0 Å². The first-order valence-corrected chi connectivity index (χ1v) is 7.54. The van der Waals surface area contributed by atoms with E-state index in [4.69, 9.17) is 0 Å². The van der Waals surface area contributed by atoms with Gasteiger partial charge in [-0.05, 0) is 25.8 Å². The molecule has 0 unspecified atom stereocenters. The van der Waals surface area contributed by atoms with Crippen molar-refractivity contribution in [3.05, 3.63) is 18.0 Å². The maximum Gasteiger partial charge on any atom is 0.216 e. The summed E-state index contributed by atoms with van der Waals surface area (Å²) in [5.41, 5.74) is 1.03. The van der Waals surface area contributed by atoms with E-state index in [1.165, 1.54) is 0 Å². The van der Waals surface area contributed by atoms with Crippen LogP contribution in [0.1, 0.15) is 38.3 Å². The Morgan fingerprint density at radius 3 is 3.00 bits per heavy atom. The standard InChI is InChI=1S/C11H19N3O2S/c1-3-9(2)17(15,16)14-7-5-10(8-14)11-4-6-12-13-11/h4,6,9-10H,3,5,7-8H2,1-2H3,(H,12,13)/t9-,10-/m0/s1. The van der Waals surface area contributed by atoms with Gasteiger partial charge in [0.25, 0.3) is 0 Å². The van der Waals surface area contributed by atoms with Crippen molar-refractivity contribution in [2.45, 2.75) is 37.9 Å². The van der Waals surface area contributed by atoms with E-state index >= 15 is 0 Å². The van der Waals surface area contributed by atoms with Crippen LogP contribution in [0.5, 0.6) is 0 Å². The van der Waals surface area contributed by atoms with E-state index in [1.54, 1.807) is 17.4 Å². The Morgan fingerprint density at radius 2 is 2.41 bits per heavy atom. The first-order valence-electron chi connectivity index (χ1n) is 6.04. The van der Waals surface area contributed by atoms with E-state index in [0.29, 0.717) is 19.5 Å². The zero-order chi connectivity index (χ0) is 12.5. The minimum Gasteiger partial charge on any atom is -0.282 e. The van der Waals surface area contributed by atoms with Gasteiger partial charge >= 0.3 is 0 Å². The molecule has 1 aromatic heterocycles. The Balaban J connectivity index is 2.08. The third-order valence-electron chi connectivity index (χ3n) is 3.56. The van der Waals surface area contributed by atoms with Gasteiger partial charge in [0.15, 0.2) is 0 Å². The molecule has 0 aliphatic carbocycles. The normalized spacial score (nSPS) is 24.0. The van der Waals surface area contributed by atoms with Crippen molar-refractivity contribution in [1.82, 2.24) is 14.5 Å². The number of nitrogens with one attached hydrogen (secondary N) is 1. The van der Waals surface area contributed by atoms with Crippen molar-refractivity contribution in [2.24, 2.45) is 0 Å². The number of hydrogen-bond acceptors (Lipinski definition) is 3. The Labute approximate surface area is 102 Å². The van der Waals surface area contributed by atoms with Crippen LogP contribution in [0.15, 0.2) is 12.3 Å². The number of rotatable bonds is 4. The lowest BCUT2D eigenvalue weighted by molar-refractivity contribution is 0.461. The second-order valence-electron chi connectivity index (χ2n) is 4.62.